The molecule has 0 bridgehead atoms. The van der Waals surface area contributed by atoms with Gasteiger partial charge in [-0.1, -0.05) is 34.8 Å². The number of methoxy groups -OCH3 is 1. The van der Waals surface area contributed by atoms with Crippen molar-refractivity contribution in [3.63, 3.8) is 0 Å². The van der Waals surface area contributed by atoms with Crippen LogP contribution in [0.25, 0.3) is 11.3 Å². The van der Waals surface area contributed by atoms with Gasteiger partial charge in [0, 0.05) is 5.56 Å². The summed E-state index contributed by atoms with van der Waals surface area (Å²) in [7, 11) is 1.32. The van der Waals surface area contributed by atoms with E-state index in [-0.39, 0.29) is 10.2 Å². The Morgan fingerprint density at radius 3 is 2.63 bits per heavy atom. The van der Waals surface area contributed by atoms with Gasteiger partial charge in [-0.3, -0.25) is 0 Å². The molecule has 0 aromatic carbocycles. The van der Waals surface area contributed by atoms with Crippen molar-refractivity contribution in [2.75, 3.05) is 7.11 Å². The summed E-state index contributed by atoms with van der Waals surface area (Å²) in [4.78, 5) is 16.3. The van der Waals surface area contributed by atoms with Crippen molar-refractivity contribution in [3.8, 4) is 11.3 Å². The Labute approximate surface area is 129 Å². The van der Waals surface area contributed by atoms with Crippen LogP contribution in [0.15, 0.2) is 11.4 Å². The number of carbonyl (C=O) groups is 1. The number of thiophene rings is 1. The molecule has 0 saturated carbocycles. The second kappa shape index (κ2) is 5.67. The van der Waals surface area contributed by atoms with Crippen molar-refractivity contribution in [1.29, 1.82) is 0 Å². The van der Waals surface area contributed by atoms with Crippen LogP contribution in [-0.2, 0) is 4.74 Å². The maximum absolute atomic E-state index is 11.7. The number of ether oxygens (including phenoxy) is 1. The molecule has 7 heteroatoms. The summed E-state index contributed by atoms with van der Waals surface area (Å²) in [6, 6.07) is 1.51. The average Bonchev–Trinajstić information content (AvgIpc) is 2.75. The Bertz CT molecular complexity index is 655. The van der Waals surface area contributed by atoms with Crippen LogP contribution in [0.1, 0.15) is 15.2 Å². The first kappa shape index (κ1) is 14.6. The molecule has 0 aliphatic rings. The van der Waals surface area contributed by atoms with Crippen LogP contribution in [0.5, 0.6) is 0 Å². The maximum Gasteiger partial charge on any atom is 0.348 e. The molecule has 2 heterocycles. The lowest BCUT2D eigenvalue weighted by Gasteiger charge is -2.07. The normalized spacial score (nSPS) is 10.6. The van der Waals surface area contributed by atoms with E-state index in [0.717, 1.165) is 5.56 Å². The number of esters is 1. The van der Waals surface area contributed by atoms with Gasteiger partial charge in [0.1, 0.15) is 10.0 Å². The third kappa shape index (κ3) is 2.72. The molecular weight excluding hydrogens is 329 g/mol. The number of hydrogen-bond acceptors (Lipinski definition) is 4. The van der Waals surface area contributed by atoms with Crippen molar-refractivity contribution in [2.45, 2.75) is 6.92 Å². The molecule has 0 aliphatic carbocycles. The Morgan fingerprint density at radius 2 is 2.00 bits per heavy atom. The van der Waals surface area contributed by atoms with Crippen molar-refractivity contribution < 1.29 is 9.53 Å². The summed E-state index contributed by atoms with van der Waals surface area (Å²) in [5.74, 6) is -0.433. The Kier molecular flexibility index (Phi) is 4.36. The molecule has 2 rings (SSSR count). The van der Waals surface area contributed by atoms with Crippen LogP contribution in [-0.4, -0.2) is 18.1 Å². The summed E-state index contributed by atoms with van der Waals surface area (Å²) in [6.45, 7) is 1.86. The fourth-order valence-electron chi connectivity index (χ4n) is 1.60. The van der Waals surface area contributed by atoms with E-state index in [1.165, 1.54) is 24.5 Å². The molecule has 3 nitrogen and oxygen atoms in total. The average molecular weight is 337 g/mol. The van der Waals surface area contributed by atoms with Gasteiger partial charge in [0.2, 0.25) is 0 Å². The maximum atomic E-state index is 11.7. The van der Waals surface area contributed by atoms with E-state index < -0.39 is 5.97 Å². The summed E-state index contributed by atoms with van der Waals surface area (Å²) in [5, 5.41) is 2.58. The van der Waals surface area contributed by atoms with Gasteiger partial charge in [-0.2, -0.15) is 0 Å². The molecule has 0 atom stereocenters. The number of aromatic nitrogens is 1. The van der Waals surface area contributed by atoms with Gasteiger partial charge >= 0.3 is 5.97 Å². The van der Waals surface area contributed by atoms with E-state index in [0.29, 0.717) is 21.2 Å². The first-order valence-corrected chi connectivity index (χ1v) is 7.15. The van der Waals surface area contributed by atoms with Crippen molar-refractivity contribution in [2.24, 2.45) is 0 Å². The summed E-state index contributed by atoms with van der Waals surface area (Å²) in [6.07, 6.45) is 0. The van der Waals surface area contributed by atoms with E-state index in [4.69, 9.17) is 39.5 Å². The van der Waals surface area contributed by atoms with Crippen molar-refractivity contribution >= 4 is 52.1 Å². The number of pyridine rings is 1. The van der Waals surface area contributed by atoms with Gasteiger partial charge < -0.3 is 4.74 Å². The van der Waals surface area contributed by atoms with Gasteiger partial charge in [-0.05, 0) is 23.9 Å². The minimum Gasteiger partial charge on any atom is -0.465 e. The molecule has 0 spiro atoms. The number of carbonyl (C=O) groups excluding carboxylic acids is 1. The first-order chi connectivity index (χ1) is 8.95. The second-order valence-corrected chi connectivity index (χ2v) is 5.76. The van der Waals surface area contributed by atoms with Crippen LogP contribution < -0.4 is 0 Å². The van der Waals surface area contributed by atoms with Crippen LogP contribution in [0.2, 0.25) is 15.2 Å². The molecule has 0 amide bonds. The van der Waals surface area contributed by atoms with E-state index in [1.807, 2.05) is 12.3 Å². The van der Waals surface area contributed by atoms with Gasteiger partial charge in [-0.15, -0.1) is 11.3 Å². The van der Waals surface area contributed by atoms with Gasteiger partial charge in [0.05, 0.1) is 22.8 Å². The Morgan fingerprint density at radius 1 is 1.32 bits per heavy atom. The van der Waals surface area contributed by atoms with E-state index in [9.17, 15) is 4.79 Å². The largest absolute Gasteiger partial charge is 0.465 e. The topological polar surface area (TPSA) is 39.2 Å². The van der Waals surface area contributed by atoms with Gasteiger partial charge in [0.25, 0.3) is 0 Å². The van der Waals surface area contributed by atoms with Crippen LogP contribution >= 0.6 is 46.1 Å². The highest BCUT2D eigenvalue weighted by molar-refractivity contribution is 7.12. The first-order valence-electron chi connectivity index (χ1n) is 5.14. The predicted octanol–water partition coefficient (Wildman–Crippen LogP) is 4.87. The molecule has 0 saturated heterocycles. The molecule has 0 aliphatic heterocycles. The van der Waals surface area contributed by atoms with Crippen LogP contribution in [0.3, 0.4) is 0 Å². The number of aryl methyl sites for hydroxylation is 1. The smallest absolute Gasteiger partial charge is 0.348 e. The van der Waals surface area contributed by atoms with Crippen molar-refractivity contribution in [3.05, 3.63) is 37.1 Å². The lowest BCUT2D eigenvalue weighted by atomic mass is 10.1. The molecule has 100 valence electrons. The van der Waals surface area contributed by atoms with E-state index >= 15 is 0 Å². The Hall–Kier alpha value is -0.810. The standard InChI is InChI=1S/C12H8Cl3NO2S/c1-5-4-19-10(12(17)18-2)8(5)9-6(13)3-7(14)11(15)16-9/h3-4H,1-2H3. The lowest BCUT2D eigenvalue weighted by Crippen LogP contribution is -2.01. The Balaban J connectivity index is 2.68. The molecule has 0 unspecified atom stereocenters. The minimum atomic E-state index is -0.433. The third-order valence-corrected chi connectivity index (χ3v) is 4.51. The number of halogens is 3. The number of rotatable bonds is 2. The number of nitrogens with zero attached hydrogens (tertiary/aromatic N) is 1. The highest BCUT2D eigenvalue weighted by Gasteiger charge is 2.22. The lowest BCUT2D eigenvalue weighted by molar-refractivity contribution is 0.0607. The molecule has 2 aromatic heterocycles. The summed E-state index contributed by atoms with van der Waals surface area (Å²) < 4.78 is 4.75. The van der Waals surface area contributed by atoms with Crippen LogP contribution in [0, 0.1) is 6.92 Å². The van der Waals surface area contributed by atoms with Crippen molar-refractivity contribution in [1.82, 2.24) is 4.98 Å². The fraction of sp³-hybridized carbons (Fsp3) is 0.167. The monoisotopic (exact) mass is 335 g/mol. The zero-order valence-corrected chi connectivity index (χ0v) is 13.0. The van der Waals surface area contributed by atoms with Gasteiger partial charge in [-0.25, -0.2) is 9.78 Å². The predicted molar refractivity (Wildman–Crippen MR) is 78.7 cm³/mol. The van der Waals surface area contributed by atoms with Crippen LogP contribution in [0.4, 0.5) is 0 Å². The molecule has 0 N–H and O–H groups in total. The third-order valence-electron chi connectivity index (χ3n) is 2.47. The second-order valence-electron chi connectivity index (χ2n) is 3.71. The van der Waals surface area contributed by atoms with E-state index in [2.05, 4.69) is 4.98 Å². The zero-order chi connectivity index (χ0) is 14.2. The molecule has 0 radical (unpaired) electrons. The fourth-order valence-corrected chi connectivity index (χ4v) is 3.16. The SMILES string of the molecule is COC(=O)c1scc(C)c1-c1nc(Cl)c(Cl)cc1Cl. The molecule has 2 aromatic rings. The summed E-state index contributed by atoms with van der Waals surface area (Å²) >= 11 is 19.2. The zero-order valence-electron chi connectivity index (χ0n) is 9.96. The minimum absolute atomic E-state index is 0.141. The number of hydrogen-bond donors (Lipinski definition) is 0. The molecular formula is C12H8Cl3NO2S. The highest BCUT2D eigenvalue weighted by atomic mass is 35.5. The summed E-state index contributed by atoms with van der Waals surface area (Å²) in [5.41, 5.74) is 1.92. The van der Waals surface area contributed by atoms with Gasteiger partial charge in [0.15, 0.2) is 0 Å². The molecule has 19 heavy (non-hydrogen) atoms. The quantitative estimate of drug-likeness (QED) is 0.580. The van der Waals surface area contributed by atoms with E-state index in [1.54, 1.807) is 0 Å². The highest BCUT2D eigenvalue weighted by Crippen LogP contribution is 2.38. The molecule has 0 fully saturated rings.